The van der Waals surface area contributed by atoms with Crippen LogP contribution in [0.5, 0.6) is 5.75 Å². The van der Waals surface area contributed by atoms with Crippen molar-refractivity contribution in [3.63, 3.8) is 0 Å². The fourth-order valence-electron chi connectivity index (χ4n) is 1.88. The molecule has 0 aliphatic rings. The summed E-state index contributed by atoms with van der Waals surface area (Å²) >= 11 is 0. The highest BCUT2D eigenvalue weighted by molar-refractivity contribution is 5.33. The molecular weight excluding hydrogens is 240 g/mol. The van der Waals surface area contributed by atoms with Crippen LogP contribution < -0.4 is 4.74 Å². The number of para-hydroxylation sites is 1. The summed E-state index contributed by atoms with van der Waals surface area (Å²) in [5.74, 6) is 1.37. The van der Waals surface area contributed by atoms with E-state index in [9.17, 15) is 10.2 Å². The van der Waals surface area contributed by atoms with E-state index in [1.165, 1.54) is 0 Å². The number of aliphatic hydroxyl groups excluding tert-OH is 2. The molecule has 3 heteroatoms. The van der Waals surface area contributed by atoms with Crippen molar-refractivity contribution in [3.05, 3.63) is 29.8 Å². The summed E-state index contributed by atoms with van der Waals surface area (Å²) in [4.78, 5) is 0. The first-order chi connectivity index (χ1) is 9.04. The van der Waals surface area contributed by atoms with Crippen molar-refractivity contribution in [1.82, 2.24) is 0 Å². The highest BCUT2D eigenvalue weighted by Gasteiger charge is 2.15. The van der Waals surface area contributed by atoms with Crippen LogP contribution in [0.25, 0.3) is 0 Å². The molecule has 0 saturated heterocycles. The zero-order chi connectivity index (χ0) is 14.3. The van der Waals surface area contributed by atoms with Crippen molar-refractivity contribution in [3.8, 4) is 5.75 Å². The number of rotatable bonds is 8. The lowest BCUT2D eigenvalue weighted by Crippen LogP contribution is -2.25. The van der Waals surface area contributed by atoms with Crippen LogP contribution >= 0.6 is 0 Å². The zero-order valence-corrected chi connectivity index (χ0v) is 12.2. The van der Waals surface area contributed by atoms with Gasteiger partial charge in [-0.05, 0) is 36.8 Å². The number of aryl methyl sites for hydroxylation is 1. The Bertz CT molecular complexity index is 363. The minimum atomic E-state index is -0.664. The van der Waals surface area contributed by atoms with Gasteiger partial charge < -0.3 is 14.9 Å². The minimum absolute atomic E-state index is 0.487. The Hall–Kier alpha value is -1.06. The molecule has 0 amide bonds. The quantitative estimate of drug-likeness (QED) is 0.760. The molecule has 0 aliphatic heterocycles. The molecule has 0 spiro atoms. The van der Waals surface area contributed by atoms with E-state index in [1.54, 1.807) is 0 Å². The van der Waals surface area contributed by atoms with Crippen molar-refractivity contribution in [1.29, 1.82) is 0 Å². The third kappa shape index (κ3) is 5.62. The van der Waals surface area contributed by atoms with Gasteiger partial charge in [0.05, 0.1) is 18.8 Å². The van der Waals surface area contributed by atoms with Gasteiger partial charge in [-0.3, -0.25) is 0 Å². The first kappa shape index (κ1) is 16.0. The Morgan fingerprint density at radius 1 is 1.11 bits per heavy atom. The van der Waals surface area contributed by atoms with Crippen LogP contribution in [0.2, 0.25) is 0 Å². The predicted octanol–water partition coefficient (Wildman–Crippen LogP) is 2.79. The van der Waals surface area contributed by atoms with Gasteiger partial charge in [0.15, 0.2) is 0 Å². The number of benzene rings is 1. The Labute approximate surface area is 116 Å². The van der Waals surface area contributed by atoms with Gasteiger partial charge in [-0.15, -0.1) is 0 Å². The van der Waals surface area contributed by atoms with Gasteiger partial charge >= 0.3 is 0 Å². The normalized spacial score (nSPS) is 14.4. The Morgan fingerprint density at radius 2 is 1.79 bits per heavy atom. The maximum absolute atomic E-state index is 9.80. The lowest BCUT2D eigenvalue weighted by Gasteiger charge is -2.17. The number of aliphatic hydroxyl groups is 2. The molecule has 0 heterocycles. The van der Waals surface area contributed by atoms with Gasteiger partial charge in [0.25, 0.3) is 0 Å². The maximum atomic E-state index is 9.80. The van der Waals surface area contributed by atoms with E-state index >= 15 is 0 Å². The Balaban J connectivity index is 2.57. The van der Waals surface area contributed by atoms with Crippen LogP contribution in [0.15, 0.2) is 24.3 Å². The largest absolute Gasteiger partial charge is 0.493 e. The molecule has 0 aliphatic carbocycles. The fourth-order valence-corrected chi connectivity index (χ4v) is 1.88. The molecule has 19 heavy (non-hydrogen) atoms. The van der Waals surface area contributed by atoms with E-state index in [0.29, 0.717) is 31.8 Å². The minimum Gasteiger partial charge on any atom is -0.493 e. The summed E-state index contributed by atoms with van der Waals surface area (Å²) in [7, 11) is 0. The molecule has 1 aromatic carbocycles. The maximum Gasteiger partial charge on any atom is 0.122 e. The molecule has 1 rings (SSSR count). The average Bonchev–Trinajstić information content (AvgIpc) is 2.42. The predicted molar refractivity (Wildman–Crippen MR) is 77.4 cm³/mol. The van der Waals surface area contributed by atoms with Crippen LogP contribution in [0.4, 0.5) is 0 Å². The van der Waals surface area contributed by atoms with Crippen LogP contribution in [-0.4, -0.2) is 29.0 Å². The van der Waals surface area contributed by atoms with E-state index in [2.05, 4.69) is 13.8 Å². The molecule has 2 unspecified atom stereocenters. The fraction of sp³-hybridized carbons (Fsp3) is 0.625. The second-order valence-electron chi connectivity index (χ2n) is 5.39. The Morgan fingerprint density at radius 3 is 2.42 bits per heavy atom. The van der Waals surface area contributed by atoms with Crippen LogP contribution in [0, 0.1) is 5.92 Å². The molecule has 108 valence electrons. The van der Waals surface area contributed by atoms with Crippen molar-refractivity contribution in [2.45, 2.75) is 52.2 Å². The number of hydrogen-bond acceptors (Lipinski definition) is 3. The summed E-state index contributed by atoms with van der Waals surface area (Å²) in [6, 6.07) is 7.90. The zero-order valence-electron chi connectivity index (χ0n) is 12.2. The molecule has 0 bridgehead atoms. The third-order valence-corrected chi connectivity index (χ3v) is 3.12. The standard InChI is InChI=1S/C16H26O3/c1-4-14(17)15(18)10-9-13-7-5-6-8-16(13)19-11-12(2)3/h5-8,12,14-15,17-18H,4,9-11H2,1-3H3. The van der Waals surface area contributed by atoms with Gasteiger partial charge in [0.1, 0.15) is 5.75 Å². The van der Waals surface area contributed by atoms with Crippen molar-refractivity contribution in [2.75, 3.05) is 6.61 Å². The molecule has 1 aromatic rings. The van der Waals surface area contributed by atoms with Gasteiger partial charge in [-0.25, -0.2) is 0 Å². The molecule has 0 fully saturated rings. The summed E-state index contributed by atoms with van der Waals surface area (Å²) in [5.41, 5.74) is 1.09. The van der Waals surface area contributed by atoms with Crippen molar-refractivity contribution in [2.24, 2.45) is 5.92 Å². The second-order valence-corrected chi connectivity index (χ2v) is 5.39. The van der Waals surface area contributed by atoms with Crippen LogP contribution in [0.1, 0.15) is 39.2 Å². The molecule has 3 nitrogen and oxygen atoms in total. The Kier molecular flexibility index (Phi) is 6.89. The van der Waals surface area contributed by atoms with E-state index < -0.39 is 12.2 Å². The smallest absolute Gasteiger partial charge is 0.122 e. The van der Waals surface area contributed by atoms with E-state index in [-0.39, 0.29) is 0 Å². The highest BCUT2D eigenvalue weighted by Crippen LogP contribution is 2.21. The monoisotopic (exact) mass is 266 g/mol. The number of ether oxygens (including phenoxy) is 1. The van der Waals surface area contributed by atoms with Gasteiger partial charge in [0.2, 0.25) is 0 Å². The van der Waals surface area contributed by atoms with Crippen molar-refractivity contribution >= 4 is 0 Å². The molecule has 2 N–H and O–H groups in total. The SMILES string of the molecule is CCC(O)C(O)CCc1ccccc1OCC(C)C. The lowest BCUT2D eigenvalue weighted by atomic mass is 10.0. The molecular formula is C16H26O3. The van der Waals surface area contributed by atoms with Gasteiger partial charge in [-0.2, -0.15) is 0 Å². The third-order valence-electron chi connectivity index (χ3n) is 3.12. The van der Waals surface area contributed by atoms with Crippen molar-refractivity contribution < 1.29 is 14.9 Å². The summed E-state index contributed by atoms with van der Waals surface area (Å²) in [5, 5.41) is 19.4. The van der Waals surface area contributed by atoms with Gasteiger partial charge in [-0.1, -0.05) is 39.0 Å². The lowest BCUT2D eigenvalue weighted by molar-refractivity contribution is 0.0129. The summed E-state index contributed by atoms with van der Waals surface area (Å²) in [6.45, 7) is 6.79. The highest BCUT2D eigenvalue weighted by atomic mass is 16.5. The molecule has 0 radical (unpaired) electrons. The topological polar surface area (TPSA) is 49.7 Å². The average molecular weight is 266 g/mol. The number of hydrogen-bond donors (Lipinski definition) is 2. The summed E-state index contributed by atoms with van der Waals surface area (Å²) in [6.07, 6.45) is 0.544. The molecule has 0 aromatic heterocycles. The van der Waals surface area contributed by atoms with Crippen LogP contribution in [0.3, 0.4) is 0 Å². The molecule has 0 saturated carbocycles. The molecule has 2 atom stereocenters. The first-order valence-corrected chi connectivity index (χ1v) is 7.11. The van der Waals surface area contributed by atoms with E-state index in [1.807, 2.05) is 31.2 Å². The summed E-state index contributed by atoms with van der Waals surface area (Å²) < 4.78 is 5.77. The first-order valence-electron chi connectivity index (χ1n) is 7.11. The van der Waals surface area contributed by atoms with Gasteiger partial charge in [0, 0.05) is 0 Å². The second kappa shape index (κ2) is 8.18. The van der Waals surface area contributed by atoms with Crippen LogP contribution in [-0.2, 0) is 6.42 Å². The van der Waals surface area contributed by atoms with E-state index in [0.717, 1.165) is 11.3 Å². The van der Waals surface area contributed by atoms with E-state index in [4.69, 9.17) is 4.74 Å².